The Labute approximate surface area is 192 Å². The molecular formula is C22H29FN4O5S. The lowest BCUT2D eigenvalue weighted by atomic mass is 9.97. The molecule has 4 N–H and O–H groups in total. The molecule has 0 aliphatic rings. The van der Waals surface area contributed by atoms with E-state index in [-0.39, 0.29) is 24.7 Å². The number of carbonyl (C=O) groups is 1. The van der Waals surface area contributed by atoms with E-state index in [1.807, 2.05) is 13.8 Å². The third kappa shape index (κ3) is 7.31. The number of rotatable bonds is 10. The Hall–Kier alpha value is -2.89. The molecule has 0 spiro atoms. The maximum Gasteiger partial charge on any atom is 0.239 e. The van der Waals surface area contributed by atoms with E-state index in [9.17, 15) is 27.8 Å². The van der Waals surface area contributed by atoms with Crippen LogP contribution in [0.2, 0.25) is 0 Å². The first-order chi connectivity index (χ1) is 15.3. The van der Waals surface area contributed by atoms with Gasteiger partial charge in [-0.15, -0.1) is 0 Å². The van der Waals surface area contributed by atoms with Crippen molar-refractivity contribution in [3.8, 4) is 11.3 Å². The van der Waals surface area contributed by atoms with Gasteiger partial charge in [0.2, 0.25) is 21.9 Å². The first-order valence-corrected chi connectivity index (χ1v) is 12.1. The van der Waals surface area contributed by atoms with Crippen molar-refractivity contribution in [1.82, 2.24) is 9.97 Å². The summed E-state index contributed by atoms with van der Waals surface area (Å²) in [5.74, 6) is -1.33. The van der Waals surface area contributed by atoms with Gasteiger partial charge >= 0.3 is 0 Å². The summed E-state index contributed by atoms with van der Waals surface area (Å²) in [5, 5.41) is 20.1. The highest BCUT2D eigenvalue weighted by Crippen LogP contribution is 2.31. The minimum atomic E-state index is -3.64. The van der Waals surface area contributed by atoms with E-state index in [0.29, 0.717) is 22.5 Å². The molecule has 1 aromatic carbocycles. The van der Waals surface area contributed by atoms with E-state index in [0.717, 1.165) is 10.6 Å². The Morgan fingerprint density at radius 1 is 1.21 bits per heavy atom. The van der Waals surface area contributed by atoms with Gasteiger partial charge < -0.3 is 15.9 Å². The SMILES string of the molecule is CC(C)c1nc(N(C)S(C)(=O)=O)nc(-c2ccc(F)cc2)c1/C=C/[C@@H](O)C[C@@H](O)CC(N)=O. The van der Waals surface area contributed by atoms with Gasteiger partial charge in [0.1, 0.15) is 5.82 Å². The summed E-state index contributed by atoms with van der Waals surface area (Å²) in [7, 11) is -2.31. The lowest BCUT2D eigenvalue weighted by Gasteiger charge is -2.20. The summed E-state index contributed by atoms with van der Waals surface area (Å²) < 4.78 is 38.6. The largest absolute Gasteiger partial charge is 0.392 e. The summed E-state index contributed by atoms with van der Waals surface area (Å²) in [4.78, 5) is 19.8. The molecular weight excluding hydrogens is 451 g/mol. The molecule has 0 bridgehead atoms. The maximum atomic E-state index is 13.5. The molecule has 2 rings (SSSR count). The molecule has 9 nitrogen and oxygen atoms in total. The normalized spacial score (nSPS) is 13.9. The van der Waals surface area contributed by atoms with Crippen LogP contribution in [0.15, 0.2) is 30.3 Å². The van der Waals surface area contributed by atoms with Gasteiger partial charge in [0.15, 0.2) is 0 Å². The second-order valence-corrected chi connectivity index (χ2v) is 10.1. The summed E-state index contributed by atoms with van der Waals surface area (Å²) in [5.41, 5.74) is 6.95. The average molecular weight is 481 g/mol. The summed E-state index contributed by atoms with van der Waals surface area (Å²) in [6.45, 7) is 3.73. The molecule has 1 aromatic heterocycles. The number of nitrogens with zero attached hydrogens (tertiary/aromatic N) is 3. The van der Waals surface area contributed by atoms with Gasteiger partial charge in [0.05, 0.1) is 36.3 Å². The van der Waals surface area contributed by atoms with Crippen LogP contribution >= 0.6 is 0 Å². The van der Waals surface area contributed by atoms with Crippen LogP contribution in [0.4, 0.5) is 10.3 Å². The zero-order valence-electron chi connectivity index (χ0n) is 18.9. The van der Waals surface area contributed by atoms with Crippen LogP contribution in [0.3, 0.4) is 0 Å². The number of anilines is 1. The van der Waals surface area contributed by atoms with Crippen LogP contribution in [-0.4, -0.2) is 60.0 Å². The molecule has 0 saturated heterocycles. The van der Waals surface area contributed by atoms with E-state index >= 15 is 0 Å². The van der Waals surface area contributed by atoms with Crippen LogP contribution in [0.5, 0.6) is 0 Å². The molecule has 0 saturated carbocycles. The van der Waals surface area contributed by atoms with E-state index < -0.39 is 34.0 Å². The number of halogens is 1. The van der Waals surface area contributed by atoms with Crippen LogP contribution < -0.4 is 10.0 Å². The van der Waals surface area contributed by atoms with Crippen molar-refractivity contribution in [1.29, 1.82) is 0 Å². The molecule has 11 heteroatoms. The number of nitrogens with two attached hydrogens (primary N) is 1. The Morgan fingerprint density at radius 2 is 1.82 bits per heavy atom. The van der Waals surface area contributed by atoms with Crippen molar-refractivity contribution in [2.24, 2.45) is 5.73 Å². The minimum Gasteiger partial charge on any atom is -0.392 e. The number of sulfonamides is 1. The van der Waals surface area contributed by atoms with Gasteiger partial charge in [0.25, 0.3) is 0 Å². The fourth-order valence-corrected chi connectivity index (χ4v) is 3.45. The minimum absolute atomic E-state index is 0.0462. The first-order valence-electron chi connectivity index (χ1n) is 10.2. The molecule has 1 amide bonds. The second-order valence-electron chi connectivity index (χ2n) is 8.05. The monoisotopic (exact) mass is 480 g/mol. The van der Waals surface area contributed by atoms with E-state index in [1.54, 1.807) is 6.08 Å². The molecule has 0 unspecified atom stereocenters. The lowest BCUT2D eigenvalue weighted by molar-refractivity contribution is -0.120. The van der Waals surface area contributed by atoms with Crippen molar-refractivity contribution >= 4 is 28.0 Å². The Kier molecular flexibility index (Phi) is 8.64. The number of aliphatic hydroxyl groups is 2. The molecule has 0 fully saturated rings. The molecule has 1 heterocycles. The quantitative estimate of drug-likeness (QED) is 0.470. The van der Waals surface area contributed by atoms with Gasteiger partial charge in [-0.25, -0.2) is 27.1 Å². The average Bonchev–Trinajstić information content (AvgIpc) is 2.70. The van der Waals surface area contributed by atoms with Gasteiger partial charge in [-0.3, -0.25) is 4.79 Å². The van der Waals surface area contributed by atoms with Gasteiger partial charge in [-0.2, -0.15) is 0 Å². The lowest BCUT2D eigenvalue weighted by Crippen LogP contribution is -2.27. The number of hydrogen-bond acceptors (Lipinski definition) is 7. The highest BCUT2D eigenvalue weighted by Gasteiger charge is 2.22. The van der Waals surface area contributed by atoms with E-state index in [4.69, 9.17) is 5.73 Å². The summed E-state index contributed by atoms with van der Waals surface area (Å²) >= 11 is 0. The first kappa shape index (κ1) is 26.4. The third-order valence-electron chi connectivity index (χ3n) is 4.84. The molecule has 2 aromatic rings. The summed E-state index contributed by atoms with van der Waals surface area (Å²) in [6, 6.07) is 5.54. The van der Waals surface area contributed by atoms with Gasteiger partial charge in [-0.05, 0) is 30.2 Å². The molecule has 180 valence electrons. The molecule has 0 aliphatic heterocycles. The Morgan fingerprint density at radius 3 is 2.33 bits per heavy atom. The third-order valence-corrected chi connectivity index (χ3v) is 6.00. The van der Waals surface area contributed by atoms with Crippen molar-refractivity contribution < 1.29 is 27.8 Å². The fourth-order valence-electron chi connectivity index (χ4n) is 3.08. The number of primary amides is 1. The zero-order valence-corrected chi connectivity index (χ0v) is 19.8. The standard InChI is InChI=1S/C22H29FN4O5S/c1-13(2)20-18(10-9-16(28)11-17(29)12-19(24)30)21(14-5-7-15(23)8-6-14)26-22(25-20)27(3)33(4,31)32/h5-10,13,16-17,28-29H,11-12H2,1-4H3,(H2,24,30)/b10-9+/t16-,17-/m1/s1. The Bertz CT molecular complexity index is 1120. The Balaban J connectivity index is 2.61. The van der Waals surface area contributed by atoms with Crippen molar-refractivity contribution in [2.75, 3.05) is 17.6 Å². The predicted octanol–water partition coefficient (Wildman–Crippen LogP) is 1.80. The molecule has 0 radical (unpaired) electrons. The molecule has 2 atom stereocenters. The zero-order chi connectivity index (χ0) is 24.9. The van der Waals surface area contributed by atoms with Crippen LogP contribution in [0.1, 0.15) is 43.9 Å². The van der Waals surface area contributed by atoms with Crippen molar-refractivity contribution in [3.05, 3.63) is 47.4 Å². The summed E-state index contributed by atoms with van der Waals surface area (Å²) in [6.07, 6.45) is 1.42. The number of hydrogen-bond donors (Lipinski definition) is 3. The molecule has 0 aliphatic carbocycles. The number of aromatic nitrogens is 2. The number of benzene rings is 1. The number of carbonyl (C=O) groups excluding carboxylic acids is 1. The van der Waals surface area contributed by atoms with E-state index in [2.05, 4.69) is 9.97 Å². The van der Waals surface area contributed by atoms with Crippen molar-refractivity contribution in [3.63, 3.8) is 0 Å². The number of aliphatic hydroxyl groups excluding tert-OH is 2. The maximum absolute atomic E-state index is 13.5. The van der Waals surface area contributed by atoms with Crippen LogP contribution in [0.25, 0.3) is 17.3 Å². The number of amides is 1. The topological polar surface area (TPSA) is 147 Å². The van der Waals surface area contributed by atoms with Crippen LogP contribution in [-0.2, 0) is 14.8 Å². The highest BCUT2D eigenvalue weighted by atomic mass is 32.2. The van der Waals surface area contributed by atoms with E-state index in [1.165, 1.54) is 37.4 Å². The fraction of sp³-hybridized carbons (Fsp3) is 0.409. The van der Waals surface area contributed by atoms with Gasteiger partial charge in [0, 0.05) is 24.6 Å². The van der Waals surface area contributed by atoms with Crippen LogP contribution in [0, 0.1) is 5.82 Å². The van der Waals surface area contributed by atoms with Crippen molar-refractivity contribution in [2.45, 2.75) is 44.8 Å². The smallest absolute Gasteiger partial charge is 0.239 e. The predicted molar refractivity (Wildman–Crippen MR) is 124 cm³/mol. The second kappa shape index (κ2) is 10.8. The van der Waals surface area contributed by atoms with Gasteiger partial charge in [-0.1, -0.05) is 26.0 Å². The highest BCUT2D eigenvalue weighted by molar-refractivity contribution is 7.92. The molecule has 33 heavy (non-hydrogen) atoms.